The summed E-state index contributed by atoms with van der Waals surface area (Å²) in [5, 5.41) is 69.2. The van der Waals surface area contributed by atoms with Crippen molar-refractivity contribution in [3.05, 3.63) is 71.5 Å². The van der Waals surface area contributed by atoms with Gasteiger partial charge in [0.15, 0.2) is 23.1 Å². The van der Waals surface area contributed by atoms with Crippen molar-refractivity contribution in [2.45, 2.75) is 188 Å². The highest BCUT2D eigenvalue weighted by Gasteiger charge is 2.35. The number of Topliss-reactive ketones (excluding diaryl/α,β-unsaturated/α-hetero) is 5. The summed E-state index contributed by atoms with van der Waals surface area (Å²) in [4.78, 5) is 154. The number of carbonyl (C=O) groups excluding carboxylic acids is 10. The Kier molecular flexibility index (Phi) is 42.6. The Labute approximate surface area is 590 Å². The highest BCUT2D eigenvalue weighted by Crippen LogP contribution is 2.23. The minimum atomic E-state index is -1.33. The highest BCUT2D eigenvalue weighted by atomic mass is 32.1. The lowest BCUT2D eigenvalue weighted by Crippen LogP contribution is -2.50. The molecule has 28 nitrogen and oxygen atoms in total. The highest BCUT2D eigenvalue weighted by molar-refractivity contribution is 7.80. The Bertz CT molecular complexity index is 3040. The number of nitrogens with one attached hydrogen (secondary N) is 5. The van der Waals surface area contributed by atoms with Gasteiger partial charge in [0.1, 0.15) is 23.3 Å². The van der Waals surface area contributed by atoms with Crippen LogP contribution in [0.25, 0.3) is 0 Å². The van der Waals surface area contributed by atoms with Gasteiger partial charge in [-0.1, -0.05) is 70.5 Å². The van der Waals surface area contributed by atoms with E-state index in [0.717, 1.165) is 5.56 Å². The molecule has 2 aromatic carbocycles. The molecule has 9 atom stereocenters. The number of phenols is 2. The molecular formula is C69H105N9O19S2. The summed E-state index contributed by atoms with van der Waals surface area (Å²) in [6.45, 7) is 14.4. The number of aliphatic hydroxyl groups is 1. The number of nitrogens with two attached hydrogens (primary N) is 1. The standard InChI is InChI=1S/C44H69N7O12S2.C25H36N2O7/c1-4-62-17-18-63-16-15-51-24-33(49-50-51)10-13-35(54)21-30(7-5-6-14-45)41(57)48-38(27-65)40(56)23-32(26-64)43(59)46-36(20-29-8-11-34(53)12-9-29)39(55)22-31(25-52)42(58)47-37(44(60)61)19-28(2)3;1-5-6-22(30)21(14-24(32)33)27-25(34)18(11-15(2)3)13-23(31)20(26-16(4)28)12-17-7-9-19(29)10-8-17/h8-9,11-12,24,28,30-32,36-38,52-53,64-65H,4-7,10,13-23,25-27,45H2,1-3H3,(H,46,59)(H,47,58)(H,48,57)(H,60,61);7-10,15,18,20-21,29H,5-6,11-14H2,1-4H3,(H,26,28)(H,27,34)(H,32,33)/t30-,31+,32+,36-,37+,38+;18-,20-,21-/m10/s1. The van der Waals surface area contributed by atoms with Crippen LogP contribution in [0.4, 0.5) is 0 Å². The summed E-state index contributed by atoms with van der Waals surface area (Å²) >= 11 is 8.62. The van der Waals surface area contributed by atoms with E-state index >= 15 is 0 Å². The van der Waals surface area contributed by atoms with Crippen LogP contribution in [0.15, 0.2) is 54.7 Å². The molecule has 3 aromatic rings. The Morgan fingerprint density at radius 3 is 1.59 bits per heavy atom. The molecule has 30 heteroatoms. The lowest BCUT2D eigenvalue weighted by molar-refractivity contribution is -0.143. The van der Waals surface area contributed by atoms with Gasteiger partial charge in [-0.15, -0.1) is 5.10 Å². The predicted octanol–water partition coefficient (Wildman–Crippen LogP) is 3.89. The van der Waals surface area contributed by atoms with Crippen molar-refractivity contribution in [2.24, 2.45) is 41.2 Å². The van der Waals surface area contributed by atoms with Crippen molar-refractivity contribution >= 4 is 95.6 Å². The summed E-state index contributed by atoms with van der Waals surface area (Å²) < 4.78 is 12.4. The number of ketones is 5. The number of phenolic OH excluding ortho intramolecular Hbond substituents is 2. The summed E-state index contributed by atoms with van der Waals surface area (Å²) in [5.41, 5.74) is 7.56. The number of ether oxygens (including phenoxy) is 2. The van der Waals surface area contributed by atoms with E-state index in [-0.39, 0.29) is 97.1 Å². The molecule has 0 aliphatic rings. The second kappa shape index (κ2) is 48.2. The van der Waals surface area contributed by atoms with E-state index in [1.807, 2.05) is 20.8 Å². The predicted molar refractivity (Wildman–Crippen MR) is 373 cm³/mol. The number of unbranched alkanes of at least 4 members (excludes halogenated alkanes) is 1. The van der Waals surface area contributed by atoms with E-state index < -0.39 is 133 Å². The van der Waals surface area contributed by atoms with Crippen molar-refractivity contribution in [1.29, 1.82) is 0 Å². The van der Waals surface area contributed by atoms with Gasteiger partial charge in [0.2, 0.25) is 29.5 Å². The molecule has 0 radical (unpaired) electrons. The third-order valence-electron chi connectivity index (χ3n) is 15.8. The van der Waals surface area contributed by atoms with Crippen molar-refractivity contribution in [3.63, 3.8) is 0 Å². The van der Waals surface area contributed by atoms with Gasteiger partial charge in [0.25, 0.3) is 0 Å². The number of hydrogen-bond donors (Lipinski definition) is 13. The number of carbonyl (C=O) groups is 12. The van der Waals surface area contributed by atoms with Gasteiger partial charge < -0.3 is 67.3 Å². The second-order valence-electron chi connectivity index (χ2n) is 25.3. The topological polar surface area (TPSA) is 441 Å². The molecule has 1 aromatic heterocycles. The van der Waals surface area contributed by atoms with Gasteiger partial charge in [-0.25, -0.2) is 9.48 Å². The summed E-state index contributed by atoms with van der Waals surface area (Å²) in [6.07, 6.45) is 3.20. The number of nitrogens with zero attached hydrogens (tertiary/aromatic N) is 3. The Hall–Kier alpha value is -7.64. The lowest BCUT2D eigenvalue weighted by atomic mass is 9.88. The first-order valence-electron chi connectivity index (χ1n) is 33.7. The molecule has 0 saturated carbocycles. The third-order valence-corrected chi connectivity index (χ3v) is 16.6. The minimum absolute atomic E-state index is 0.0376. The zero-order valence-electron chi connectivity index (χ0n) is 58.0. The van der Waals surface area contributed by atoms with E-state index in [1.54, 1.807) is 43.8 Å². The van der Waals surface area contributed by atoms with Crippen molar-refractivity contribution in [2.75, 3.05) is 51.1 Å². The minimum Gasteiger partial charge on any atom is -0.508 e. The molecule has 1 heterocycles. The van der Waals surface area contributed by atoms with E-state index in [0.29, 0.717) is 89.3 Å². The first-order valence-corrected chi connectivity index (χ1v) is 34.9. The Morgan fingerprint density at radius 2 is 1.07 bits per heavy atom. The number of carboxylic acids is 2. The molecule has 0 saturated heterocycles. The number of carboxylic acid groups (broad SMARTS) is 2. The molecule has 552 valence electrons. The Morgan fingerprint density at radius 1 is 0.566 bits per heavy atom. The summed E-state index contributed by atoms with van der Waals surface area (Å²) in [7, 11) is 0. The van der Waals surface area contributed by atoms with Crippen LogP contribution in [-0.4, -0.2) is 192 Å². The fourth-order valence-electron chi connectivity index (χ4n) is 10.5. The molecule has 0 spiro atoms. The van der Waals surface area contributed by atoms with E-state index in [2.05, 4.69) is 62.2 Å². The number of aliphatic hydroxyl groups excluding tert-OH is 1. The van der Waals surface area contributed by atoms with Crippen LogP contribution >= 0.6 is 25.3 Å². The van der Waals surface area contributed by atoms with E-state index in [4.69, 9.17) is 20.3 Å². The third kappa shape index (κ3) is 35.8. The number of aryl methyl sites for hydroxylation is 1. The van der Waals surface area contributed by atoms with Crippen LogP contribution in [0.1, 0.15) is 149 Å². The van der Waals surface area contributed by atoms with Crippen LogP contribution in [0, 0.1) is 35.5 Å². The molecule has 99 heavy (non-hydrogen) atoms. The maximum absolute atomic E-state index is 13.8. The molecule has 3 rings (SSSR count). The number of benzene rings is 2. The normalized spacial score (nSPS) is 13.9. The maximum Gasteiger partial charge on any atom is 0.326 e. The van der Waals surface area contributed by atoms with Crippen LogP contribution in [0.3, 0.4) is 0 Å². The molecule has 0 aliphatic carbocycles. The van der Waals surface area contributed by atoms with Crippen LogP contribution in [-0.2, 0) is 92.8 Å². The SMILES string of the molecule is CCCC(=O)[C@H](CC(=O)O)NC(=O)[C@H](CC(=O)[C@H](Cc1ccc(O)cc1)NC(C)=O)CC(C)C.CCOCCOCCn1cc(CCC(=O)C[C@@H](CCCCN)C(=O)N[C@@H](CS)C(=O)C[C@@H](CS)C(=O)N[C@H](Cc2ccc(O)cc2)C(=O)C[C@@H](CO)C(=O)N[C@@H](CC(C)C)C(=O)O)nn1. The first kappa shape index (κ1) is 87.4. The summed E-state index contributed by atoms with van der Waals surface area (Å²) in [6, 6.07) is 6.43. The fraction of sp³-hybridized carbons (Fsp3) is 0.623. The monoisotopic (exact) mass is 1430 g/mol. The van der Waals surface area contributed by atoms with Gasteiger partial charge in [-0.3, -0.25) is 52.7 Å². The smallest absolute Gasteiger partial charge is 0.326 e. The van der Waals surface area contributed by atoms with Gasteiger partial charge in [-0.05, 0) is 112 Å². The zero-order valence-corrected chi connectivity index (χ0v) is 59.8. The molecule has 0 fully saturated rings. The van der Waals surface area contributed by atoms with Gasteiger partial charge >= 0.3 is 11.9 Å². The molecular weight excluding hydrogens is 1320 g/mol. The van der Waals surface area contributed by atoms with Gasteiger partial charge in [0, 0.05) is 81.6 Å². The average Bonchev–Trinajstić information content (AvgIpc) is 1.49. The van der Waals surface area contributed by atoms with Crippen LogP contribution < -0.4 is 32.3 Å². The first-order chi connectivity index (χ1) is 47.0. The number of rotatable bonds is 51. The second-order valence-corrected chi connectivity index (χ2v) is 26.0. The molecule has 0 aliphatic heterocycles. The lowest BCUT2D eigenvalue weighted by Gasteiger charge is -2.25. The van der Waals surface area contributed by atoms with Crippen molar-refractivity contribution < 1.29 is 92.5 Å². The quantitative estimate of drug-likeness (QED) is 0.0281. The molecule has 0 bridgehead atoms. The zero-order chi connectivity index (χ0) is 74.1. The molecule has 5 amide bonds. The average molecular weight is 1430 g/mol. The number of aromatic hydroxyl groups is 2. The molecule has 12 N–H and O–H groups in total. The van der Waals surface area contributed by atoms with E-state index in [1.165, 1.54) is 43.3 Å². The van der Waals surface area contributed by atoms with E-state index in [9.17, 15) is 78.0 Å². The molecule has 0 unspecified atom stereocenters. The summed E-state index contributed by atoms with van der Waals surface area (Å²) in [5.74, 6) is -11.8. The maximum atomic E-state index is 13.8. The van der Waals surface area contributed by atoms with Gasteiger partial charge in [0.05, 0.1) is 81.1 Å². The fourth-order valence-corrected chi connectivity index (χ4v) is 11.1. The number of amides is 5. The largest absolute Gasteiger partial charge is 0.508 e. The number of hydrogen-bond acceptors (Lipinski definition) is 22. The number of aromatic nitrogens is 3. The van der Waals surface area contributed by atoms with Crippen molar-refractivity contribution in [3.8, 4) is 11.5 Å². The van der Waals surface area contributed by atoms with Crippen LogP contribution in [0.5, 0.6) is 11.5 Å². The number of thiol groups is 2. The van der Waals surface area contributed by atoms with Gasteiger partial charge in [-0.2, -0.15) is 25.3 Å². The van der Waals surface area contributed by atoms with Crippen molar-refractivity contribution in [1.82, 2.24) is 41.6 Å². The Balaban J connectivity index is 0.000000821. The van der Waals surface area contributed by atoms with Crippen LogP contribution in [0.2, 0.25) is 0 Å². The number of aliphatic carboxylic acids is 2.